The van der Waals surface area contributed by atoms with Gasteiger partial charge >= 0.3 is 11.9 Å². The van der Waals surface area contributed by atoms with Gasteiger partial charge in [-0.15, -0.1) is 23.1 Å². The predicted octanol–water partition coefficient (Wildman–Crippen LogP) is -0.0663. The minimum absolute atomic E-state index is 0.0915. The highest BCUT2D eigenvalue weighted by atomic mass is 32.2. The highest BCUT2D eigenvalue weighted by molar-refractivity contribution is 8.00. The van der Waals surface area contributed by atoms with Crippen molar-refractivity contribution in [3.8, 4) is 0 Å². The highest BCUT2D eigenvalue weighted by Gasteiger charge is 2.54. The molecule has 0 saturated carbocycles. The van der Waals surface area contributed by atoms with Crippen LogP contribution >= 0.6 is 23.1 Å². The van der Waals surface area contributed by atoms with Crippen molar-refractivity contribution in [1.82, 2.24) is 15.2 Å². The number of nitrogens with zero attached hydrogens (tertiary/aromatic N) is 3. The number of thiazole rings is 1. The molecule has 3 rings (SSSR count). The first kappa shape index (κ1) is 23.3. The van der Waals surface area contributed by atoms with Crippen LogP contribution in [0.5, 0.6) is 0 Å². The monoisotopic (exact) mass is 481 g/mol. The Labute approximate surface area is 190 Å². The van der Waals surface area contributed by atoms with Crippen LogP contribution in [-0.2, 0) is 28.8 Å². The number of nitrogens with one attached hydrogen (secondary N) is 1. The number of nitrogen functional groups attached to an aromatic ring is 1. The number of rotatable bonds is 9. The molecule has 2 aliphatic rings. The molecule has 0 radical (unpaired) electrons. The molecule has 12 nitrogen and oxygen atoms in total. The fourth-order valence-electron chi connectivity index (χ4n) is 2.96. The summed E-state index contributed by atoms with van der Waals surface area (Å²) in [4.78, 5) is 58.6. The molecule has 3 heterocycles. The molecule has 0 bridgehead atoms. The quantitative estimate of drug-likeness (QED) is 0.187. The third-order valence-electron chi connectivity index (χ3n) is 4.36. The molecule has 1 saturated heterocycles. The Hall–Kier alpha value is -3.39. The Morgan fingerprint density at radius 2 is 2.25 bits per heavy atom. The first-order valence-electron chi connectivity index (χ1n) is 9.19. The van der Waals surface area contributed by atoms with Gasteiger partial charge in [0, 0.05) is 11.1 Å². The molecule has 2 atom stereocenters. The zero-order valence-corrected chi connectivity index (χ0v) is 18.4. The van der Waals surface area contributed by atoms with Gasteiger partial charge in [-0.1, -0.05) is 17.8 Å². The van der Waals surface area contributed by atoms with Crippen LogP contribution in [0.4, 0.5) is 5.13 Å². The summed E-state index contributed by atoms with van der Waals surface area (Å²) in [5.74, 6) is -3.00. The maximum Gasteiger partial charge on any atom is 0.352 e. The van der Waals surface area contributed by atoms with Crippen molar-refractivity contribution < 1.29 is 33.9 Å². The summed E-state index contributed by atoms with van der Waals surface area (Å²) >= 11 is 2.35. The Kier molecular flexibility index (Phi) is 7.15. The number of anilines is 1. The number of esters is 1. The summed E-state index contributed by atoms with van der Waals surface area (Å²) in [5, 5.41) is 16.7. The minimum atomic E-state index is -1.25. The molecule has 0 aliphatic carbocycles. The smallest absolute Gasteiger partial charge is 0.352 e. The number of hydrogen-bond donors (Lipinski definition) is 3. The number of carbonyl (C=O) groups is 4. The number of amides is 2. The maximum atomic E-state index is 12.9. The van der Waals surface area contributed by atoms with E-state index in [2.05, 4.69) is 22.0 Å². The number of carbonyl (C=O) groups excluding carboxylic acids is 3. The van der Waals surface area contributed by atoms with E-state index < -0.39 is 41.8 Å². The number of carboxylic acids is 1. The van der Waals surface area contributed by atoms with Crippen LogP contribution in [0.25, 0.3) is 0 Å². The number of nitrogens with two attached hydrogens (primary N) is 1. The maximum absolute atomic E-state index is 12.9. The summed E-state index contributed by atoms with van der Waals surface area (Å²) in [7, 11) is 0. The second kappa shape index (κ2) is 9.82. The van der Waals surface area contributed by atoms with Crippen LogP contribution in [0.1, 0.15) is 12.6 Å². The van der Waals surface area contributed by atoms with Crippen LogP contribution in [0.3, 0.4) is 0 Å². The molecule has 2 aliphatic heterocycles. The zero-order chi connectivity index (χ0) is 23.4. The summed E-state index contributed by atoms with van der Waals surface area (Å²) in [6.45, 7) is 4.83. The van der Waals surface area contributed by atoms with Gasteiger partial charge < -0.3 is 25.7 Å². The van der Waals surface area contributed by atoms with E-state index in [-0.39, 0.29) is 28.8 Å². The first-order chi connectivity index (χ1) is 15.3. The Morgan fingerprint density at radius 3 is 2.84 bits per heavy atom. The van der Waals surface area contributed by atoms with Crippen molar-refractivity contribution in [3.63, 3.8) is 0 Å². The van der Waals surface area contributed by atoms with Crippen molar-refractivity contribution in [3.05, 3.63) is 35.0 Å². The molecule has 0 unspecified atom stereocenters. The number of ether oxygens (including phenoxy) is 1. The molecule has 1 fully saturated rings. The van der Waals surface area contributed by atoms with Gasteiger partial charge in [-0.3, -0.25) is 14.5 Å². The van der Waals surface area contributed by atoms with Crippen molar-refractivity contribution >= 4 is 57.7 Å². The second-order valence-corrected chi connectivity index (χ2v) is 8.33. The number of hydrogen-bond acceptors (Lipinski definition) is 11. The van der Waals surface area contributed by atoms with Crippen LogP contribution in [0, 0.1) is 0 Å². The van der Waals surface area contributed by atoms with E-state index in [0.29, 0.717) is 11.3 Å². The van der Waals surface area contributed by atoms with Crippen LogP contribution < -0.4 is 11.1 Å². The zero-order valence-electron chi connectivity index (χ0n) is 16.8. The van der Waals surface area contributed by atoms with Gasteiger partial charge in [0.1, 0.15) is 22.8 Å². The molecule has 0 spiro atoms. The van der Waals surface area contributed by atoms with Gasteiger partial charge in [0.25, 0.3) is 11.8 Å². The number of carboxylic acid groups (broad SMARTS) is 1. The van der Waals surface area contributed by atoms with E-state index in [9.17, 15) is 24.3 Å². The van der Waals surface area contributed by atoms with Crippen LogP contribution in [-0.4, -0.2) is 74.8 Å². The third kappa shape index (κ3) is 4.60. The molecule has 170 valence electrons. The number of aromatic nitrogens is 1. The number of thioether (sulfide) groups is 1. The topological polar surface area (TPSA) is 174 Å². The van der Waals surface area contributed by atoms with Gasteiger partial charge in [0.2, 0.25) is 6.61 Å². The molecule has 2 amide bonds. The number of aliphatic carboxylic acids is 1. The van der Waals surface area contributed by atoms with E-state index in [1.807, 2.05) is 0 Å². The average Bonchev–Trinajstić information content (AvgIpc) is 3.19. The summed E-state index contributed by atoms with van der Waals surface area (Å²) in [6.07, 6.45) is 1.39. The Balaban J connectivity index is 1.76. The molecule has 14 heteroatoms. The lowest BCUT2D eigenvalue weighted by Crippen LogP contribution is -2.71. The van der Waals surface area contributed by atoms with Gasteiger partial charge in [-0.25, -0.2) is 14.6 Å². The van der Waals surface area contributed by atoms with E-state index >= 15 is 0 Å². The number of allylic oxidation sites excluding steroid dienone is 1. The third-order valence-corrected chi connectivity index (χ3v) is 6.33. The van der Waals surface area contributed by atoms with Crippen molar-refractivity contribution in [2.24, 2.45) is 5.16 Å². The standard InChI is InChI=1S/C18H19N5O7S2/c1-3-8-6-31-16-12(15(26)23(16)13(8)17(27)28)21-14(25)11(9-7-32-18(19)20-9)22-30-5-10(24)29-4-2/h3,7,12,16H,1,4-6H2,2H3,(H2,19,20)(H,21,25)(H,27,28)/b22-11+/t12-,16-/m1/s1. The summed E-state index contributed by atoms with van der Waals surface area (Å²) < 4.78 is 4.73. The SMILES string of the molecule is C=CC1=C(C(=O)O)N2C(=O)[C@@H](NC(=O)/C(=N/OCC(=O)OCC)c3csc(N)n3)[C@H]2SC1. The summed E-state index contributed by atoms with van der Waals surface area (Å²) in [6, 6.07) is -0.987. The van der Waals surface area contributed by atoms with Gasteiger partial charge in [0.05, 0.1) is 6.61 Å². The second-order valence-electron chi connectivity index (χ2n) is 6.33. The number of β-lactam (4-membered cyclic amide) rings is 1. The van der Waals surface area contributed by atoms with E-state index in [1.54, 1.807) is 6.92 Å². The largest absolute Gasteiger partial charge is 0.477 e. The molecule has 0 aromatic carbocycles. The average molecular weight is 482 g/mol. The minimum Gasteiger partial charge on any atom is -0.477 e. The first-order valence-corrected chi connectivity index (χ1v) is 11.1. The van der Waals surface area contributed by atoms with Crippen LogP contribution in [0.2, 0.25) is 0 Å². The Bertz CT molecular complexity index is 1030. The highest BCUT2D eigenvalue weighted by Crippen LogP contribution is 2.40. The summed E-state index contributed by atoms with van der Waals surface area (Å²) in [5.41, 5.74) is 5.69. The van der Waals surface area contributed by atoms with Gasteiger partial charge in [-0.2, -0.15) is 0 Å². The van der Waals surface area contributed by atoms with Crippen molar-refractivity contribution in [2.45, 2.75) is 18.3 Å². The lowest BCUT2D eigenvalue weighted by atomic mass is 10.0. The molecular weight excluding hydrogens is 462 g/mol. The number of fused-ring (bicyclic) bond motifs is 1. The molecule has 4 N–H and O–H groups in total. The van der Waals surface area contributed by atoms with Crippen LogP contribution in [0.15, 0.2) is 34.5 Å². The van der Waals surface area contributed by atoms with Gasteiger partial charge in [0.15, 0.2) is 10.8 Å². The predicted molar refractivity (Wildman–Crippen MR) is 116 cm³/mol. The van der Waals surface area contributed by atoms with Crippen molar-refractivity contribution in [2.75, 3.05) is 24.7 Å². The van der Waals surface area contributed by atoms with Gasteiger partial charge in [-0.05, 0) is 12.5 Å². The molecular formula is C18H19N5O7S2. The molecule has 32 heavy (non-hydrogen) atoms. The van der Waals surface area contributed by atoms with E-state index in [4.69, 9.17) is 15.3 Å². The Morgan fingerprint density at radius 1 is 1.50 bits per heavy atom. The van der Waals surface area contributed by atoms with Crippen molar-refractivity contribution in [1.29, 1.82) is 0 Å². The number of oxime groups is 1. The van der Waals surface area contributed by atoms with E-state index in [1.165, 1.54) is 23.2 Å². The molecule has 1 aromatic heterocycles. The normalized spacial score (nSPS) is 20.2. The fourth-order valence-corrected chi connectivity index (χ4v) is 4.85. The molecule has 1 aromatic rings. The van der Waals surface area contributed by atoms with E-state index in [0.717, 1.165) is 16.2 Å². The lowest BCUT2D eigenvalue weighted by molar-refractivity contribution is -0.150. The lowest BCUT2D eigenvalue weighted by Gasteiger charge is -2.49. The fraction of sp³-hybridized carbons (Fsp3) is 0.333.